The fourth-order valence-electron chi connectivity index (χ4n) is 2.08. The van der Waals surface area contributed by atoms with Crippen molar-refractivity contribution in [2.45, 2.75) is 51.2 Å². The van der Waals surface area contributed by atoms with Crippen molar-refractivity contribution >= 4 is 0 Å². The van der Waals surface area contributed by atoms with Crippen molar-refractivity contribution in [3.8, 4) is 0 Å². The van der Waals surface area contributed by atoms with Gasteiger partial charge in [0.15, 0.2) is 0 Å². The molecule has 90 valence electrons. The van der Waals surface area contributed by atoms with Crippen LogP contribution in [0.3, 0.4) is 0 Å². The Labute approximate surface area is 93.2 Å². The molecule has 1 fully saturated rings. The second kappa shape index (κ2) is 7.20. The van der Waals surface area contributed by atoms with E-state index in [4.69, 9.17) is 4.74 Å². The molecule has 3 heteroatoms. The van der Waals surface area contributed by atoms with Gasteiger partial charge in [-0.05, 0) is 32.2 Å². The normalized spacial score (nSPS) is 21.0. The third-order valence-corrected chi connectivity index (χ3v) is 3.24. The average Bonchev–Trinajstić information content (AvgIpc) is 2.12. The molecule has 0 radical (unpaired) electrons. The first-order valence-electron chi connectivity index (χ1n) is 6.12. The number of aliphatic hydroxyl groups is 1. The molecule has 0 heterocycles. The number of aliphatic hydroxyl groups excluding tert-OH is 1. The van der Waals surface area contributed by atoms with Crippen LogP contribution in [0.5, 0.6) is 0 Å². The van der Waals surface area contributed by atoms with Crippen LogP contribution < -0.4 is 5.32 Å². The molecular weight excluding hydrogens is 190 g/mol. The molecule has 2 N–H and O–H groups in total. The van der Waals surface area contributed by atoms with Gasteiger partial charge in [0.1, 0.15) is 0 Å². The maximum absolute atomic E-state index is 9.44. The topological polar surface area (TPSA) is 41.5 Å². The van der Waals surface area contributed by atoms with Crippen molar-refractivity contribution in [3.63, 3.8) is 0 Å². The molecule has 15 heavy (non-hydrogen) atoms. The van der Waals surface area contributed by atoms with E-state index in [1.54, 1.807) is 7.11 Å². The first-order chi connectivity index (χ1) is 7.22. The Morgan fingerprint density at radius 3 is 2.73 bits per heavy atom. The van der Waals surface area contributed by atoms with E-state index in [9.17, 15) is 5.11 Å². The van der Waals surface area contributed by atoms with E-state index in [2.05, 4.69) is 12.2 Å². The molecule has 1 rings (SSSR count). The van der Waals surface area contributed by atoms with E-state index in [-0.39, 0.29) is 6.10 Å². The molecule has 1 aliphatic rings. The molecule has 0 aliphatic heterocycles. The van der Waals surface area contributed by atoms with Gasteiger partial charge in [-0.15, -0.1) is 0 Å². The van der Waals surface area contributed by atoms with Gasteiger partial charge in [0.05, 0.1) is 12.7 Å². The third kappa shape index (κ3) is 5.50. The van der Waals surface area contributed by atoms with E-state index in [0.29, 0.717) is 12.6 Å². The Balaban J connectivity index is 1.93. The Kier molecular flexibility index (Phi) is 6.22. The van der Waals surface area contributed by atoms with Crippen molar-refractivity contribution in [1.82, 2.24) is 5.32 Å². The lowest BCUT2D eigenvalue weighted by Gasteiger charge is -2.28. The molecule has 2 unspecified atom stereocenters. The zero-order valence-corrected chi connectivity index (χ0v) is 10.0. The predicted molar refractivity (Wildman–Crippen MR) is 61.9 cm³/mol. The van der Waals surface area contributed by atoms with E-state index in [1.165, 1.54) is 25.7 Å². The summed E-state index contributed by atoms with van der Waals surface area (Å²) < 4.78 is 4.87. The number of methoxy groups -OCH3 is 1. The molecule has 2 atom stereocenters. The molecule has 1 saturated carbocycles. The second-order valence-electron chi connectivity index (χ2n) is 4.79. The van der Waals surface area contributed by atoms with Gasteiger partial charge in [-0.25, -0.2) is 0 Å². The zero-order chi connectivity index (χ0) is 11.1. The van der Waals surface area contributed by atoms with Crippen molar-refractivity contribution < 1.29 is 9.84 Å². The van der Waals surface area contributed by atoms with Crippen molar-refractivity contribution in [1.29, 1.82) is 0 Å². The van der Waals surface area contributed by atoms with Gasteiger partial charge in [0.2, 0.25) is 0 Å². The molecule has 0 amide bonds. The van der Waals surface area contributed by atoms with Crippen molar-refractivity contribution in [2.75, 3.05) is 20.3 Å². The number of hydrogen-bond donors (Lipinski definition) is 2. The Hall–Kier alpha value is -0.120. The Bertz CT molecular complexity index is 160. The van der Waals surface area contributed by atoms with Gasteiger partial charge in [-0.2, -0.15) is 0 Å². The second-order valence-corrected chi connectivity index (χ2v) is 4.79. The highest BCUT2D eigenvalue weighted by atomic mass is 16.5. The quantitative estimate of drug-likeness (QED) is 0.645. The van der Waals surface area contributed by atoms with E-state index >= 15 is 0 Å². The number of ether oxygens (including phenoxy) is 1. The number of nitrogens with one attached hydrogen (secondary N) is 1. The molecule has 0 aromatic heterocycles. The van der Waals surface area contributed by atoms with Crippen LogP contribution in [-0.4, -0.2) is 37.5 Å². The van der Waals surface area contributed by atoms with Crippen LogP contribution in [0.4, 0.5) is 0 Å². The molecular formula is C12H25NO2. The minimum atomic E-state index is -0.321. The van der Waals surface area contributed by atoms with Crippen LogP contribution in [-0.2, 0) is 4.74 Å². The molecule has 0 aromatic carbocycles. The lowest BCUT2D eigenvalue weighted by atomic mass is 9.81. The van der Waals surface area contributed by atoms with Gasteiger partial charge >= 0.3 is 0 Å². The zero-order valence-electron chi connectivity index (χ0n) is 10.0. The fourth-order valence-corrected chi connectivity index (χ4v) is 2.08. The van der Waals surface area contributed by atoms with Crippen LogP contribution in [0.2, 0.25) is 0 Å². The fraction of sp³-hybridized carbons (Fsp3) is 1.00. The maximum Gasteiger partial charge on any atom is 0.0785 e. The van der Waals surface area contributed by atoms with E-state index in [0.717, 1.165) is 18.9 Å². The van der Waals surface area contributed by atoms with Crippen molar-refractivity contribution in [2.24, 2.45) is 5.92 Å². The standard InChI is InChI=1S/C12H25NO2/c1-10(8-11-4-3-5-11)13-7-6-12(14)9-15-2/h10-14H,3-9H2,1-2H3. The third-order valence-electron chi connectivity index (χ3n) is 3.24. The summed E-state index contributed by atoms with van der Waals surface area (Å²) in [6, 6.07) is 0.588. The van der Waals surface area contributed by atoms with Gasteiger partial charge in [0.25, 0.3) is 0 Å². The summed E-state index contributed by atoms with van der Waals surface area (Å²) in [5, 5.41) is 12.9. The maximum atomic E-state index is 9.44. The van der Waals surface area contributed by atoms with Crippen LogP contribution in [0.1, 0.15) is 39.0 Å². The number of rotatable bonds is 8. The highest BCUT2D eigenvalue weighted by Gasteiger charge is 2.19. The summed E-state index contributed by atoms with van der Waals surface area (Å²) in [6.07, 6.45) is 6.00. The van der Waals surface area contributed by atoms with Crippen LogP contribution in [0.15, 0.2) is 0 Å². The largest absolute Gasteiger partial charge is 0.391 e. The van der Waals surface area contributed by atoms with Gasteiger partial charge in [-0.1, -0.05) is 19.3 Å². The first-order valence-corrected chi connectivity index (χ1v) is 6.12. The average molecular weight is 215 g/mol. The van der Waals surface area contributed by atoms with E-state index < -0.39 is 0 Å². The van der Waals surface area contributed by atoms with Gasteiger partial charge in [0, 0.05) is 13.2 Å². The Morgan fingerprint density at radius 1 is 1.47 bits per heavy atom. The summed E-state index contributed by atoms with van der Waals surface area (Å²) >= 11 is 0. The minimum Gasteiger partial charge on any atom is -0.391 e. The molecule has 3 nitrogen and oxygen atoms in total. The smallest absolute Gasteiger partial charge is 0.0785 e. The van der Waals surface area contributed by atoms with E-state index in [1.807, 2.05) is 0 Å². The first kappa shape index (κ1) is 12.9. The molecule has 0 bridgehead atoms. The predicted octanol–water partition coefficient (Wildman–Crippen LogP) is 1.55. The summed E-state index contributed by atoms with van der Waals surface area (Å²) in [4.78, 5) is 0. The monoisotopic (exact) mass is 215 g/mol. The van der Waals surface area contributed by atoms with Crippen molar-refractivity contribution in [3.05, 3.63) is 0 Å². The summed E-state index contributed by atoms with van der Waals surface area (Å²) in [5.41, 5.74) is 0. The Morgan fingerprint density at radius 2 is 2.20 bits per heavy atom. The number of hydrogen-bond acceptors (Lipinski definition) is 3. The molecule has 0 spiro atoms. The van der Waals surface area contributed by atoms with Crippen LogP contribution in [0.25, 0.3) is 0 Å². The summed E-state index contributed by atoms with van der Waals surface area (Å²) in [5.74, 6) is 0.955. The lowest BCUT2D eigenvalue weighted by molar-refractivity contribution is 0.0588. The minimum absolute atomic E-state index is 0.321. The van der Waals surface area contributed by atoms with Gasteiger partial charge in [-0.3, -0.25) is 0 Å². The lowest BCUT2D eigenvalue weighted by Crippen LogP contribution is -2.33. The SMILES string of the molecule is COCC(O)CCNC(C)CC1CCC1. The molecule has 1 aliphatic carbocycles. The molecule has 0 aromatic rings. The van der Waals surface area contributed by atoms with Crippen LogP contribution >= 0.6 is 0 Å². The summed E-state index contributed by atoms with van der Waals surface area (Å²) in [6.45, 7) is 3.57. The molecule has 0 saturated heterocycles. The highest BCUT2D eigenvalue weighted by molar-refractivity contribution is 4.75. The summed E-state index contributed by atoms with van der Waals surface area (Å²) in [7, 11) is 1.62. The van der Waals surface area contributed by atoms with Gasteiger partial charge < -0.3 is 15.2 Å². The van der Waals surface area contributed by atoms with Crippen LogP contribution in [0, 0.1) is 5.92 Å². The highest BCUT2D eigenvalue weighted by Crippen LogP contribution is 2.30.